The van der Waals surface area contributed by atoms with Crippen molar-refractivity contribution in [2.24, 2.45) is 0 Å². The summed E-state index contributed by atoms with van der Waals surface area (Å²) < 4.78 is 6.03. The highest BCUT2D eigenvalue weighted by Gasteiger charge is 2.08. The molecule has 4 nitrogen and oxygen atoms in total. The number of benzene rings is 1. The molecule has 0 spiro atoms. The molecule has 1 aromatic heterocycles. The fraction of sp³-hybridized carbons (Fsp3) is 0.0769. The van der Waals surface area contributed by atoms with E-state index in [2.05, 4.69) is 32.3 Å². The number of nitriles is 1. The first-order valence-electron chi connectivity index (χ1n) is 5.30. The molecule has 19 heavy (non-hydrogen) atoms. The summed E-state index contributed by atoms with van der Waals surface area (Å²) in [7, 11) is 1.54. The van der Waals surface area contributed by atoms with E-state index in [0.717, 1.165) is 4.47 Å². The summed E-state index contributed by atoms with van der Waals surface area (Å²) in [5.74, 6) is 1.08. The Morgan fingerprint density at radius 3 is 2.84 bits per heavy atom. The zero-order chi connectivity index (χ0) is 13.8. The van der Waals surface area contributed by atoms with Crippen molar-refractivity contribution in [3.63, 3.8) is 0 Å². The molecular formula is C13H9BrClN3O. The van der Waals surface area contributed by atoms with Gasteiger partial charge in [-0.05, 0) is 34.1 Å². The molecule has 1 N–H and O–H groups in total. The van der Waals surface area contributed by atoms with Gasteiger partial charge in [0.2, 0.25) is 0 Å². The first kappa shape index (κ1) is 13.7. The lowest BCUT2D eigenvalue weighted by atomic mass is 10.2. The second-order valence-corrected chi connectivity index (χ2v) is 4.96. The highest BCUT2D eigenvalue weighted by molar-refractivity contribution is 9.10. The van der Waals surface area contributed by atoms with Crippen LogP contribution in [0.5, 0.6) is 5.75 Å². The molecule has 0 radical (unpaired) electrons. The first-order chi connectivity index (χ1) is 9.13. The Morgan fingerprint density at radius 1 is 1.42 bits per heavy atom. The summed E-state index contributed by atoms with van der Waals surface area (Å²) in [4.78, 5) is 4.18. The van der Waals surface area contributed by atoms with Crippen molar-refractivity contribution in [3.8, 4) is 11.8 Å². The van der Waals surface area contributed by atoms with E-state index < -0.39 is 0 Å². The molecule has 6 heteroatoms. The number of aromatic nitrogens is 1. The summed E-state index contributed by atoms with van der Waals surface area (Å²) in [6.45, 7) is 0. The number of rotatable bonds is 3. The van der Waals surface area contributed by atoms with E-state index >= 15 is 0 Å². The number of nitrogens with one attached hydrogen (secondary N) is 1. The second-order valence-electron chi connectivity index (χ2n) is 3.64. The quantitative estimate of drug-likeness (QED) is 0.914. The van der Waals surface area contributed by atoms with Crippen LogP contribution < -0.4 is 10.1 Å². The molecule has 2 rings (SSSR count). The van der Waals surface area contributed by atoms with Crippen molar-refractivity contribution in [1.82, 2.24) is 4.98 Å². The van der Waals surface area contributed by atoms with Gasteiger partial charge in [-0.2, -0.15) is 5.26 Å². The summed E-state index contributed by atoms with van der Waals surface area (Å²) in [5, 5.41) is 12.4. The van der Waals surface area contributed by atoms with Crippen LogP contribution in [0.15, 0.2) is 34.9 Å². The van der Waals surface area contributed by atoms with Gasteiger partial charge in [-0.15, -0.1) is 0 Å². The number of ether oxygens (including phenoxy) is 1. The van der Waals surface area contributed by atoms with Crippen LogP contribution in [-0.4, -0.2) is 12.1 Å². The summed E-state index contributed by atoms with van der Waals surface area (Å²) in [6, 6.07) is 8.89. The maximum absolute atomic E-state index is 8.85. The van der Waals surface area contributed by atoms with E-state index in [0.29, 0.717) is 27.8 Å². The number of halogens is 2. The molecule has 2 aromatic rings. The molecule has 0 aliphatic heterocycles. The van der Waals surface area contributed by atoms with E-state index in [1.165, 1.54) is 7.11 Å². The SMILES string of the molecule is COc1cc(C#N)ccc1Nc1ncc(Br)cc1Cl. The van der Waals surface area contributed by atoms with Crippen molar-refractivity contribution in [3.05, 3.63) is 45.5 Å². The average Bonchev–Trinajstić information content (AvgIpc) is 2.42. The molecule has 96 valence electrons. The fourth-order valence-corrected chi connectivity index (χ4v) is 2.17. The van der Waals surface area contributed by atoms with Gasteiger partial charge in [0.05, 0.1) is 29.5 Å². The highest BCUT2D eigenvalue weighted by Crippen LogP contribution is 2.31. The number of nitrogens with zero attached hydrogens (tertiary/aromatic N) is 2. The number of hydrogen-bond donors (Lipinski definition) is 1. The van der Waals surface area contributed by atoms with Gasteiger partial charge in [0, 0.05) is 16.7 Å². The van der Waals surface area contributed by atoms with Gasteiger partial charge in [0.25, 0.3) is 0 Å². The summed E-state index contributed by atoms with van der Waals surface area (Å²) in [6.07, 6.45) is 1.64. The smallest absolute Gasteiger partial charge is 0.149 e. The van der Waals surface area contributed by atoms with E-state index in [9.17, 15) is 0 Å². The first-order valence-corrected chi connectivity index (χ1v) is 6.47. The van der Waals surface area contributed by atoms with E-state index in [4.69, 9.17) is 21.6 Å². The molecule has 0 atom stereocenters. The van der Waals surface area contributed by atoms with Crippen LogP contribution in [0.2, 0.25) is 5.02 Å². The Morgan fingerprint density at radius 2 is 2.21 bits per heavy atom. The standard InChI is InChI=1S/C13H9BrClN3O/c1-19-12-4-8(6-16)2-3-11(12)18-13-10(15)5-9(14)7-17-13/h2-5,7H,1H3,(H,17,18). The van der Waals surface area contributed by atoms with Crippen molar-refractivity contribution >= 4 is 39.0 Å². The van der Waals surface area contributed by atoms with Crippen LogP contribution in [0.1, 0.15) is 5.56 Å². The van der Waals surface area contributed by atoms with Gasteiger partial charge in [-0.25, -0.2) is 4.98 Å². The molecule has 1 heterocycles. The van der Waals surface area contributed by atoms with Crippen molar-refractivity contribution in [2.45, 2.75) is 0 Å². The molecule has 0 saturated carbocycles. The zero-order valence-corrected chi connectivity index (χ0v) is 12.3. The number of anilines is 2. The number of pyridine rings is 1. The third-order valence-electron chi connectivity index (χ3n) is 2.39. The number of methoxy groups -OCH3 is 1. The molecular weight excluding hydrogens is 330 g/mol. The Balaban J connectivity index is 2.35. The van der Waals surface area contributed by atoms with Crippen molar-refractivity contribution in [1.29, 1.82) is 5.26 Å². The molecule has 0 aliphatic carbocycles. The Labute approximate surface area is 124 Å². The molecule has 0 bridgehead atoms. The lowest BCUT2D eigenvalue weighted by Crippen LogP contribution is -1.97. The van der Waals surface area contributed by atoms with Crippen LogP contribution >= 0.6 is 27.5 Å². The summed E-state index contributed by atoms with van der Waals surface area (Å²) >= 11 is 9.38. The zero-order valence-electron chi connectivity index (χ0n) is 9.95. The van der Waals surface area contributed by atoms with E-state index in [1.54, 1.807) is 30.5 Å². The molecule has 0 unspecified atom stereocenters. The van der Waals surface area contributed by atoms with Gasteiger partial charge < -0.3 is 10.1 Å². The van der Waals surface area contributed by atoms with Gasteiger partial charge in [0.1, 0.15) is 11.6 Å². The van der Waals surface area contributed by atoms with Crippen molar-refractivity contribution in [2.75, 3.05) is 12.4 Å². The topological polar surface area (TPSA) is 57.9 Å². The fourth-order valence-electron chi connectivity index (χ4n) is 1.50. The minimum absolute atomic E-state index is 0.487. The maximum Gasteiger partial charge on any atom is 0.149 e. The van der Waals surface area contributed by atoms with Crippen LogP contribution in [0.25, 0.3) is 0 Å². The Hall–Kier alpha value is -1.77. The lowest BCUT2D eigenvalue weighted by Gasteiger charge is -2.11. The second kappa shape index (κ2) is 5.91. The Bertz CT molecular complexity index is 655. The molecule has 0 amide bonds. The van der Waals surface area contributed by atoms with Crippen LogP contribution in [-0.2, 0) is 0 Å². The molecule has 1 aromatic carbocycles. The highest BCUT2D eigenvalue weighted by atomic mass is 79.9. The molecule has 0 saturated heterocycles. The minimum atomic E-state index is 0.487. The third kappa shape index (κ3) is 3.16. The van der Waals surface area contributed by atoms with E-state index in [-0.39, 0.29) is 0 Å². The number of hydrogen-bond acceptors (Lipinski definition) is 4. The Kier molecular flexibility index (Phi) is 4.25. The van der Waals surface area contributed by atoms with E-state index in [1.807, 2.05) is 0 Å². The molecule has 0 aliphatic rings. The average molecular weight is 339 g/mol. The third-order valence-corrected chi connectivity index (χ3v) is 3.11. The largest absolute Gasteiger partial charge is 0.495 e. The maximum atomic E-state index is 8.85. The normalized spacial score (nSPS) is 9.79. The van der Waals surface area contributed by atoms with Crippen molar-refractivity contribution < 1.29 is 4.74 Å². The predicted octanol–water partition coefficient (Wildman–Crippen LogP) is 4.12. The summed E-state index contributed by atoms with van der Waals surface area (Å²) in [5.41, 5.74) is 1.22. The van der Waals surface area contributed by atoms with Gasteiger partial charge in [-0.3, -0.25) is 0 Å². The van der Waals surface area contributed by atoms with Crippen LogP contribution in [0.3, 0.4) is 0 Å². The van der Waals surface area contributed by atoms with Gasteiger partial charge in [0.15, 0.2) is 0 Å². The van der Waals surface area contributed by atoms with Gasteiger partial charge in [-0.1, -0.05) is 11.6 Å². The van der Waals surface area contributed by atoms with Crippen LogP contribution in [0.4, 0.5) is 11.5 Å². The van der Waals surface area contributed by atoms with Crippen LogP contribution in [0, 0.1) is 11.3 Å². The predicted molar refractivity (Wildman–Crippen MR) is 77.9 cm³/mol. The monoisotopic (exact) mass is 337 g/mol. The minimum Gasteiger partial charge on any atom is -0.495 e. The van der Waals surface area contributed by atoms with Gasteiger partial charge >= 0.3 is 0 Å². The molecule has 0 fully saturated rings. The lowest BCUT2D eigenvalue weighted by molar-refractivity contribution is 0.416.